The average molecular weight is 408 g/mol. The molecule has 0 radical (unpaired) electrons. The molecule has 2 aliphatic heterocycles. The lowest BCUT2D eigenvalue weighted by Gasteiger charge is -2.38. The topological polar surface area (TPSA) is 70.2 Å². The Bertz CT molecular complexity index is 698. The van der Waals surface area contributed by atoms with Gasteiger partial charge in [0.15, 0.2) is 0 Å². The number of ether oxygens (including phenoxy) is 1. The van der Waals surface area contributed by atoms with Gasteiger partial charge in [0.1, 0.15) is 5.60 Å². The number of piperazine rings is 1. The van der Waals surface area contributed by atoms with Crippen LogP contribution < -0.4 is 0 Å². The van der Waals surface area contributed by atoms with Crippen LogP contribution in [0.2, 0.25) is 0 Å². The Morgan fingerprint density at radius 1 is 0.964 bits per heavy atom. The van der Waals surface area contributed by atoms with Gasteiger partial charge in [0.25, 0.3) is 5.91 Å². The Hall–Kier alpha value is -2.09. The third kappa shape index (κ3) is 5.04. The number of carbonyl (C=O) groups is 3. The van der Waals surface area contributed by atoms with Crippen molar-refractivity contribution in [2.75, 3.05) is 39.3 Å². The van der Waals surface area contributed by atoms with E-state index >= 15 is 0 Å². The van der Waals surface area contributed by atoms with E-state index in [0.717, 1.165) is 4.88 Å². The highest BCUT2D eigenvalue weighted by molar-refractivity contribution is 7.12. The van der Waals surface area contributed by atoms with E-state index in [9.17, 15) is 14.4 Å². The van der Waals surface area contributed by atoms with Crippen LogP contribution >= 0.6 is 11.3 Å². The summed E-state index contributed by atoms with van der Waals surface area (Å²) in [6.45, 7) is 8.84. The van der Waals surface area contributed by atoms with Gasteiger partial charge in [-0.1, -0.05) is 6.07 Å². The Balaban J connectivity index is 1.45. The quantitative estimate of drug-likeness (QED) is 0.756. The van der Waals surface area contributed by atoms with Crippen LogP contribution in [-0.2, 0) is 9.53 Å². The zero-order chi connectivity index (χ0) is 20.3. The number of thiophene rings is 1. The fourth-order valence-electron chi connectivity index (χ4n) is 3.58. The molecule has 7 nitrogen and oxygen atoms in total. The molecule has 3 heterocycles. The molecule has 2 saturated heterocycles. The molecular formula is C20H29N3O4S. The molecule has 1 aromatic heterocycles. The maximum absolute atomic E-state index is 12.9. The summed E-state index contributed by atoms with van der Waals surface area (Å²) in [6.07, 6.45) is 1.07. The number of hydrogen-bond donors (Lipinski definition) is 0. The molecule has 3 amide bonds. The van der Waals surface area contributed by atoms with Gasteiger partial charge in [0, 0.05) is 45.2 Å². The van der Waals surface area contributed by atoms with Crippen molar-refractivity contribution in [2.24, 2.45) is 5.92 Å². The number of nitrogens with zero attached hydrogens (tertiary/aromatic N) is 3. The summed E-state index contributed by atoms with van der Waals surface area (Å²) in [7, 11) is 0. The smallest absolute Gasteiger partial charge is 0.410 e. The SMILES string of the molecule is CC(C)(C)OC(=O)N1CCN(C(=O)C2CCN(C(=O)c3cccs3)CC2)CC1. The minimum absolute atomic E-state index is 0.0412. The molecule has 2 aliphatic rings. The van der Waals surface area contributed by atoms with Crippen molar-refractivity contribution >= 4 is 29.2 Å². The van der Waals surface area contributed by atoms with Crippen LogP contribution in [0, 0.1) is 5.92 Å². The number of hydrogen-bond acceptors (Lipinski definition) is 5. The fourth-order valence-corrected chi connectivity index (χ4v) is 4.27. The van der Waals surface area contributed by atoms with Crippen molar-refractivity contribution in [1.82, 2.24) is 14.7 Å². The molecule has 28 heavy (non-hydrogen) atoms. The van der Waals surface area contributed by atoms with Crippen LogP contribution in [-0.4, -0.2) is 77.5 Å². The third-order valence-corrected chi connectivity index (χ3v) is 5.96. The van der Waals surface area contributed by atoms with E-state index in [0.29, 0.717) is 52.1 Å². The standard InChI is InChI=1S/C20H29N3O4S/c1-20(2,3)27-19(26)23-12-10-22(11-13-23)17(24)15-6-8-21(9-7-15)18(25)16-5-4-14-28-16/h4-5,14-15H,6-13H2,1-3H3. The lowest BCUT2D eigenvalue weighted by Crippen LogP contribution is -2.53. The van der Waals surface area contributed by atoms with Crippen molar-refractivity contribution in [3.63, 3.8) is 0 Å². The number of likely N-dealkylation sites (tertiary alicyclic amines) is 1. The van der Waals surface area contributed by atoms with Crippen LogP contribution in [0.4, 0.5) is 4.79 Å². The first-order chi connectivity index (χ1) is 13.2. The van der Waals surface area contributed by atoms with E-state index in [2.05, 4.69) is 0 Å². The summed E-state index contributed by atoms with van der Waals surface area (Å²) in [5, 5.41) is 1.90. The second kappa shape index (κ2) is 8.51. The highest BCUT2D eigenvalue weighted by Crippen LogP contribution is 2.23. The molecule has 1 aromatic rings. The summed E-state index contributed by atoms with van der Waals surface area (Å²) in [4.78, 5) is 43.5. The predicted molar refractivity (Wildman–Crippen MR) is 107 cm³/mol. The highest BCUT2D eigenvalue weighted by atomic mass is 32.1. The molecule has 154 valence electrons. The van der Waals surface area contributed by atoms with Gasteiger partial charge in [-0.3, -0.25) is 9.59 Å². The first-order valence-corrected chi connectivity index (χ1v) is 10.7. The van der Waals surface area contributed by atoms with Crippen molar-refractivity contribution in [3.8, 4) is 0 Å². The molecule has 0 saturated carbocycles. The zero-order valence-electron chi connectivity index (χ0n) is 16.8. The predicted octanol–water partition coefficient (Wildman–Crippen LogP) is 2.68. The lowest BCUT2D eigenvalue weighted by atomic mass is 9.95. The number of piperidine rings is 1. The second-order valence-corrected chi connectivity index (χ2v) is 9.28. The third-order valence-electron chi connectivity index (χ3n) is 5.11. The van der Waals surface area contributed by atoms with Crippen LogP contribution in [0.25, 0.3) is 0 Å². The first-order valence-electron chi connectivity index (χ1n) is 9.84. The molecule has 3 rings (SSSR count). The van der Waals surface area contributed by atoms with Crippen LogP contribution in [0.15, 0.2) is 17.5 Å². The molecule has 8 heteroatoms. The van der Waals surface area contributed by atoms with Gasteiger partial charge in [0.2, 0.25) is 5.91 Å². The van der Waals surface area contributed by atoms with Gasteiger partial charge in [-0.2, -0.15) is 0 Å². The van der Waals surface area contributed by atoms with Crippen molar-refractivity contribution in [1.29, 1.82) is 0 Å². The van der Waals surface area contributed by atoms with Gasteiger partial charge in [-0.25, -0.2) is 4.79 Å². The first kappa shape index (κ1) is 20.6. The maximum atomic E-state index is 12.9. The van der Waals surface area contributed by atoms with Gasteiger partial charge in [0.05, 0.1) is 4.88 Å². The van der Waals surface area contributed by atoms with E-state index in [1.807, 2.05) is 48.1 Å². The van der Waals surface area contributed by atoms with E-state index in [1.165, 1.54) is 11.3 Å². The van der Waals surface area contributed by atoms with E-state index in [1.54, 1.807) is 4.90 Å². The number of rotatable bonds is 2. The highest BCUT2D eigenvalue weighted by Gasteiger charge is 2.33. The molecule has 0 spiro atoms. The minimum Gasteiger partial charge on any atom is -0.444 e. The Morgan fingerprint density at radius 3 is 2.11 bits per heavy atom. The van der Waals surface area contributed by atoms with Crippen molar-refractivity contribution < 1.29 is 19.1 Å². The summed E-state index contributed by atoms with van der Waals surface area (Å²) in [6, 6.07) is 3.72. The number of carbonyl (C=O) groups excluding carboxylic acids is 3. The summed E-state index contributed by atoms with van der Waals surface area (Å²) in [5.41, 5.74) is -0.515. The largest absolute Gasteiger partial charge is 0.444 e. The molecule has 2 fully saturated rings. The van der Waals surface area contributed by atoms with Crippen molar-refractivity contribution in [3.05, 3.63) is 22.4 Å². The minimum atomic E-state index is -0.515. The Kier molecular flexibility index (Phi) is 6.27. The van der Waals surface area contributed by atoms with E-state index in [4.69, 9.17) is 4.74 Å². The van der Waals surface area contributed by atoms with Crippen LogP contribution in [0.5, 0.6) is 0 Å². The second-order valence-electron chi connectivity index (χ2n) is 8.34. The number of amides is 3. The fraction of sp³-hybridized carbons (Fsp3) is 0.650. The van der Waals surface area contributed by atoms with Crippen LogP contribution in [0.1, 0.15) is 43.3 Å². The monoisotopic (exact) mass is 407 g/mol. The molecule has 0 bridgehead atoms. The van der Waals surface area contributed by atoms with Gasteiger partial charge < -0.3 is 19.4 Å². The van der Waals surface area contributed by atoms with Gasteiger partial charge in [-0.15, -0.1) is 11.3 Å². The Labute approximate surface area is 170 Å². The molecular weight excluding hydrogens is 378 g/mol. The lowest BCUT2D eigenvalue weighted by molar-refractivity contribution is -0.138. The molecule has 0 aromatic carbocycles. The van der Waals surface area contributed by atoms with Crippen molar-refractivity contribution in [2.45, 2.75) is 39.2 Å². The normalized spacial score (nSPS) is 18.9. The zero-order valence-corrected chi connectivity index (χ0v) is 17.7. The Morgan fingerprint density at radius 2 is 1.57 bits per heavy atom. The summed E-state index contributed by atoms with van der Waals surface area (Å²) < 4.78 is 5.40. The van der Waals surface area contributed by atoms with Gasteiger partial charge in [-0.05, 0) is 45.1 Å². The summed E-state index contributed by atoms with van der Waals surface area (Å²) >= 11 is 1.45. The summed E-state index contributed by atoms with van der Waals surface area (Å²) in [5.74, 6) is 0.166. The van der Waals surface area contributed by atoms with E-state index < -0.39 is 5.60 Å². The van der Waals surface area contributed by atoms with Gasteiger partial charge >= 0.3 is 6.09 Å². The van der Waals surface area contributed by atoms with Crippen LogP contribution in [0.3, 0.4) is 0 Å². The molecule has 0 N–H and O–H groups in total. The molecule has 0 unspecified atom stereocenters. The molecule has 0 aliphatic carbocycles. The van der Waals surface area contributed by atoms with E-state index in [-0.39, 0.29) is 23.8 Å². The molecule has 0 atom stereocenters. The average Bonchev–Trinajstić information content (AvgIpc) is 3.20. The maximum Gasteiger partial charge on any atom is 0.410 e.